The van der Waals surface area contributed by atoms with E-state index >= 15 is 0 Å². The summed E-state index contributed by atoms with van der Waals surface area (Å²) >= 11 is 1.43. The molecule has 0 saturated heterocycles. The van der Waals surface area contributed by atoms with Crippen molar-refractivity contribution in [1.29, 1.82) is 0 Å². The van der Waals surface area contributed by atoms with Gasteiger partial charge in [0.25, 0.3) is 0 Å². The van der Waals surface area contributed by atoms with Crippen molar-refractivity contribution in [3.05, 3.63) is 58.8 Å². The molecule has 1 aromatic carbocycles. The Labute approximate surface area is 153 Å². The van der Waals surface area contributed by atoms with E-state index in [1.54, 1.807) is 28.0 Å². The third-order valence-electron chi connectivity index (χ3n) is 4.18. The van der Waals surface area contributed by atoms with Gasteiger partial charge in [0.2, 0.25) is 11.1 Å². The zero-order chi connectivity index (χ0) is 18.3. The SMILES string of the molecule is CCSc1n[n+]2c(c(=O)[nH]1)-c1ccccc1N(C(C)=O)[C@H]2c1ccco1. The normalized spacial score (nSPS) is 15.5. The van der Waals surface area contributed by atoms with Gasteiger partial charge in [0.1, 0.15) is 0 Å². The van der Waals surface area contributed by atoms with Gasteiger partial charge in [-0.3, -0.25) is 14.6 Å². The van der Waals surface area contributed by atoms with Gasteiger partial charge in [0.15, 0.2) is 5.76 Å². The van der Waals surface area contributed by atoms with Crippen LogP contribution in [0, 0.1) is 0 Å². The number of hydrogen-bond acceptors (Lipinski definition) is 5. The molecule has 26 heavy (non-hydrogen) atoms. The molecule has 0 radical (unpaired) electrons. The number of fused-ring (bicyclic) bond motifs is 3. The Bertz CT molecular complexity index is 1030. The highest BCUT2D eigenvalue weighted by molar-refractivity contribution is 7.99. The number of amides is 1. The number of hydrogen-bond donors (Lipinski definition) is 1. The van der Waals surface area contributed by atoms with Gasteiger partial charge in [-0.15, -0.1) is 0 Å². The van der Waals surface area contributed by atoms with E-state index in [0.717, 1.165) is 5.75 Å². The second-order valence-electron chi connectivity index (χ2n) is 5.78. The summed E-state index contributed by atoms with van der Waals surface area (Å²) in [6.07, 6.45) is 0.884. The van der Waals surface area contributed by atoms with Crippen LogP contribution in [0.4, 0.5) is 5.69 Å². The van der Waals surface area contributed by atoms with Crippen molar-refractivity contribution in [3.63, 3.8) is 0 Å². The molecule has 1 N–H and O–H groups in total. The maximum atomic E-state index is 12.9. The fourth-order valence-corrected chi connectivity index (χ4v) is 3.79. The fourth-order valence-electron chi connectivity index (χ4n) is 3.21. The molecular formula is C18H17N4O3S+. The first-order valence-electron chi connectivity index (χ1n) is 8.23. The summed E-state index contributed by atoms with van der Waals surface area (Å²) in [4.78, 5) is 29.8. The molecule has 4 rings (SSSR count). The molecule has 1 atom stereocenters. The molecule has 8 heteroatoms. The van der Waals surface area contributed by atoms with Crippen molar-refractivity contribution < 1.29 is 13.9 Å². The molecule has 132 valence electrons. The number of carbonyl (C=O) groups is 1. The number of anilines is 1. The zero-order valence-electron chi connectivity index (χ0n) is 14.3. The minimum atomic E-state index is -0.661. The van der Waals surface area contributed by atoms with Gasteiger partial charge in [-0.25, -0.2) is 4.90 Å². The number of H-pyrrole nitrogens is 1. The van der Waals surface area contributed by atoms with Crippen molar-refractivity contribution in [1.82, 2.24) is 10.1 Å². The third kappa shape index (κ3) is 2.53. The van der Waals surface area contributed by atoms with Gasteiger partial charge >= 0.3 is 17.4 Å². The van der Waals surface area contributed by atoms with Gasteiger partial charge in [-0.2, -0.15) is 0 Å². The predicted octanol–water partition coefficient (Wildman–Crippen LogP) is 2.34. The number of aromatic nitrogens is 3. The lowest BCUT2D eigenvalue weighted by Gasteiger charge is -2.29. The van der Waals surface area contributed by atoms with E-state index in [2.05, 4.69) is 10.1 Å². The molecule has 7 nitrogen and oxygen atoms in total. The molecule has 0 saturated carbocycles. The van der Waals surface area contributed by atoms with Crippen molar-refractivity contribution >= 4 is 23.4 Å². The molecule has 1 amide bonds. The lowest BCUT2D eigenvalue weighted by molar-refractivity contribution is -0.764. The quantitative estimate of drug-likeness (QED) is 0.566. The van der Waals surface area contributed by atoms with Crippen LogP contribution in [0.2, 0.25) is 0 Å². The van der Waals surface area contributed by atoms with E-state index in [-0.39, 0.29) is 11.5 Å². The van der Waals surface area contributed by atoms with Crippen LogP contribution in [0.1, 0.15) is 25.8 Å². The van der Waals surface area contributed by atoms with E-state index in [4.69, 9.17) is 4.42 Å². The summed E-state index contributed by atoms with van der Waals surface area (Å²) in [5, 5.41) is 5.10. The molecule has 3 aromatic rings. The average Bonchev–Trinajstić information content (AvgIpc) is 3.14. The van der Waals surface area contributed by atoms with Gasteiger partial charge in [-0.1, -0.05) is 30.8 Å². The van der Waals surface area contributed by atoms with E-state index in [1.165, 1.54) is 18.7 Å². The Kier molecular flexibility index (Phi) is 4.12. The number of aromatic amines is 1. The van der Waals surface area contributed by atoms with E-state index in [1.807, 2.05) is 31.2 Å². The highest BCUT2D eigenvalue weighted by Gasteiger charge is 2.46. The van der Waals surface area contributed by atoms with Crippen LogP contribution in [0.5, 0.6) is 0 Å². The molecule has 1 aliphatic heterocycles. The summed E-state index contributed by atoms with van der Waals surface area (Å²) in [7, 11) is 0. The maximum Gasteiger partial charge on any atom is 0.325 e. The molecule has 0 bridgehead atoms. The second-order valence-corrected chi connectivity index (χ2v) is 7.03. The highest BCUT2D eigenvalue weighted by atomic mass is 32.2. The van der Waals surface area contributed by atoms with E-state index in [0.29, 0.717) is 27.9 Å². The largest absolute Gasteiger partial charge is 0.460 e. The molecule has 0 fully saturated rings. The van der Waals surface area contributed by atoms with Crippen LogP contribution < -0.4 is 15.1 Å². The number of para-hydroxylation sites is 1. The fraction of sp³-hybridized carbons (Fsp3) is 0.222. The maximum absolute atomic E-state index is 12.9. The minimum absolute atomic E-state index is 0.163. The van der Waals surface area contributed by atoms with Crippen LogP contribution in [0.15, 0.2) is 57.0 Å². The molecule has 0 unspecified atom stereocenters. The summed E-state index contributed by atoms with van der Waals surface area (Å²) < 4.78 is 7.17. The van der Waals surface area contributed by atoms with Gasteiger partial charge in [0, 0.05) is 12.0 Å². The van der Waals surface area contributed by atoms with E-state index in [9.17, 15) is 9.59 Å². The Morgan fingerprint density at radius 2 is 2.15 bits per heavy atom. The average molecular weight is 369 g/mol. The first kappa shape index (κ1) is 16.6. The van der Waals surface area contributed by atoms with Crippen molar-refractivity contribution in [2.75, 3.05) is 10.7 Å². The first-order valence-corrected chi connectivity index (χ1v) is 9.22. The number of furan rings is 1. The van der Waals surface area contributed by atoms with Crippen molar-refractivity contribution in [2.24, 2.45) is 0 Å². The summed E-state index contributed by atoms with van der Waals surface area (Å²) in [6, 6.07) is 10.9. The van der Waals surface area contributed by atoms with Gasteiger partial charge in [-0.05, 0) is 34.7 Å². The second kappa shape index (κ2) is 6.45. The summed E-state index contributed by atoms with van der Waals surface area (Å²) in [5.41, 5.74) is 1.47. The Hall–Kier alpha value is -2.87. The van der Waals surface area contributed by atoms with Gasteiger partial charge in [0.05, 0.1) is 17.5 Å². The molecule has 3 heterocycles. The lowest BCUT2D eigenvalue weighted by Crippen LogP contribution is -2.60. The Balaban J connectivity index is 2.07. The summed E-state index contributed by atoms with van der Waals surface area (Å²) in [6.45, 7) is 3.48. The molecule has 2 aromatic heterocycles. The van der Waals surface area contributed by atoms with Crippen molar-refractivity contribution in [2.45, 2.75) is 25.2 Å². The number of rotatable bonds is 3. The monoisotopic (exact) mass is 369 g/mol. The van der Waals surface area contributed by atoms with Gasteiger partial charge < -0.3 is 4.42 Å². The highest BCUT2D eigenvalue weighted by Crippen LogP contribution is 2.37. The molecule has 1 aliphatic rings. The van der Waals surface area contributed by atoms with Crippen LogP contribution in [0.3, 0.4) is 0 Å². The summed E-state index contributed by atoms with van der Waals surface area (Å²) in [5.74, 6) is 1.14. The molecule has 0 aliphatic carbocycles. The number of benzene rings is 1. The number of carbonyl (C=O) groups excluding carboxylic acids is 1. The van der Waals surface area contributed by atoms with Crippen LogP contribution in [-0.4, -0.2) is 21.7 Å². The topological polar surface area (TPSA) is 83.1 Å². The third-order valence-corrected chi connectivity index (χ3v) is 4.92. The van der Waals surface area contributed by atoms with E-state index < -0.39 is 6.17 Å². The van der Waals surface area contributed by atoms with Crippen LogP contribution >= 0.6 is 11.8 Å². The molecule has 0 spiro atoms. The Morgan fingerprint density at radius 3 is 2.85 bits per heavy atom. The Morgan fingerprint density at radius 1 is 1.35 bits per heavy atom. The smallest absolute Gasteiger partial charge is 0.325 e. The number of nitrogens with one attached hydrogen (secondary N) is 1. The van der Waals surface area contributed by atoms with Crippen LogP contribution in [-0.2, 0) is 4.79 Å². The number of thioether (sulfide) groups is 1. The molecular weight excluding hydrogens is 352 g/mol. The lowest BCUT2D eigenvalue weighted by atomic mass is 10.0. The predicted molar refractivity (Wildman–Crippen MR) is 96.9 cm³/mol. The minimum Gasteiger partial charge on any atom is -0.460 e. The first-order chi connectivity index (χ1) is 12.6. The van der Waals surface area contributed by atoms with Crippen molar-refractivity contribution in [3.8, 4) is 11.3 Å². The zero-order valence-corrected chi connectivity index (χ0v) is 15.1. The van der Waals surface area contributed by atoms with Crippen LogP contribution in [0.25, 0.3) is 11.3 Å². The standard InChI is InChI=1S/C18H16N4O3S/c1-3-26-18-19-16(24)15-12-7-4-5-8-13(12)21(11(2)23)17(22(15)20-18)14-9-6-10-25-14/h4-10,17H,3H2,1-2H3/p+1/t17-/m1/s1. The number of nitrogens with zero attached hydrogens (tertiary/aromatic N) is 3.